The number of hydrogen-bond donors (Lipinski definition) is 0. The van der Waals surface area contributed by atoms with Crippen LogP contribution in [0.15, 0.2) is 83.3 Å². The van der Waals surface area contributed by atoms with Crippen LogP contribution in [0.2, 0.25) is 0 Å². The van der Waals surface area contributed by atoms with E-state index in [-0.39, 0.29) is 6.71 Å². The highest BCUT2D eigenvalue weighted by Crippen LogP contribution is 2.46. The van der Waals surface area contributed by atoms with Gasteiger partial charge in [0, 0.05) is 27.7 Å². The monoisotopic (exact) mass is 510 g/mol. The van der Waals surface area contributed by atoms with Crippen molar-refractivity contribution in [3.63, 3.8) is 0 Å². The van der Waals surface area contributed by atoms with Crippen molar-refractivity contribution in [1.82, 2.24) is 19.1 Å². The van der Waals surface area contributed by atoms with Crippen LogP contribution in [0.1, 0.15) is 11.6 Å². The predicted molar refractivity (Wildman–Crippen MR) is 162 cm³/mol. The van der Waals surface area contributed by atoms with E-state index in [1.54, 1.807) is 0 Å². The molecule has 3 aromatic heterocycles. The third-order valence-electron chi connectivity index (χ3n) is 9.56. The summed E-state index contributed by atoms with van der Waals surface area (Å²) >= 11 is 0. The summed E-state index contributed by atoms with van der Waals surface area (Å²) in [6.07, 6.45) is 0. The van der Waals surface area contributed by atoms with Crippen molar-refractivity contribution < 1.29 is 4.42 Å². The van der Waals surface area contributed by atoms with Crippen molar-refractivity contribution >= 4 is 67.1 Å². The van der Waals surface area contributed by atoms with Gasteiger partial charge in [0.25, 0.3) is 6.71 Å². The molecule has 6 heterocycles. The van der Waals surface area contributed by atoms with Gasteiger partial charge in [0.2, 0.25) is 0 Å². The van der Waals surface area contributed by atoms with Gasteiger partial charge in [-0.2, -0.15) is 0 Å². The Morgan fingerprint density at radius 1 is 0.600 bits per heavy atom. The lowest BCUT2D eigenvalue weighted by atomic mass is 9.33. The molecular formula is C34H19BN4O. The molecule has 0 unspecified atom stereocenters. The molecule has 0 spiro atoms. The second-order valence-corrected chi connectivity index (χ2v) is 11.4. The topological polar surface area (TPSA) is 48.8 Å². The van der Waals surface area contributed by atoms with Gasteiger partial charge in [-0.3, -0.25) is 9.13 Å². The van der Waals surface area contributed by atoms with Crippen molar-refractivity contribution in [1.29, 1.82) is 0 Å². The number of para-hydroxylation sites is 1. The molecule has 8 aromatic rings. The summed E-state index contributed by atoms with van der Waals surface area (Å²) in [7, 11) is 0. The summed E-state index contributed by atoms with van der Waals surface area (Å²) in [6, 6.07) is 28.6. The van der Waals surface area contributed by atoms with Crippen molar-refractivity contribution in [3.8, 4) is 33.6 Å². The maximum atomic E-state index is 6.42. The van der Waals surface area contributed by atoms with Crippen molar-refractivity contribution in [2.75, 3.05) is 0 Å². The van der Waals surface area contributed by atoms with Gasteiger partial charge < -0.3 is 4.42 Å². The lowest BCUT2D eigenvalue weighted by molar-refractivity contribution is 0.669. The fraction of sp³-hybridized carbons (Fsp3) is 0.0588. The highest BCUT2D eigenvalue weighted by atomic mass is 16.3. The van der Waals surface area contributed by atoms with Crippen molar-refractivity contribution in [3.05, 3.63) is 90.5 Å². The van der Waals surface area contributed by atoms with Crippen LogP contribution in [-0.4, -0.2) is 25.8 Å². The van der Waals surface area contributed by atoms with Gasteiger partial charge in [0.05, 0.1) is 22.1 Å². The molecule has 0 fully saturated rings. The van der Waals surface area contributed by atoms with Crippen LogP contribution in [0, 0.1) is 13.8 Å². The Morgan fingerprint density at radius 2 is 1.25 bits per heavy atom. The average molecular weight is 510 g/mol. The first-order valence-corrected chi connectivity index (χ1v) is 13.8. The summed E-state index contributed by atoms with van der Waals surface area (Å²) < 4.78 is 11.2. The molecule has 6 heteroatoms. The Balaban J connectivity index is 1.49. The van der Waals surface area contributed by atoms with E-state index in [9.17, 15) is 0 Å². The third-order valence-corrected chi connectivity index (χ3v) is 9.56. The molecule has 0 bridgehead atoms. The molecule has 5 aromatic carbocycles. The Bertz CT molecular complexity index is 2530. The van der Waals surface area contributed by atoms with E-state index in [4.69, 9.17) is 14.4 Å². The predicted octanol–water partition coefficient (Wildman–Crippen LogP) is 5.67. The number of imidazole rings is 2. The normalized spacial score (nSPS) is 13.7. The number of benzene rings is 5. The first-order valence-electron chi connectivity index (χ1n) is 13.8. The van der Waals surface area contributed by atoms with Crippen LogP contribution >= 0.6 is 0 Å². The van der Waals surface area contributed by atoms with Gasteiger partial charge in [0.15, 0.2) is 0 Å². The van der Waals surface area contributed by atoms with Crippen LogP contribution in [-0.2, 0) is 0 Å². The fourth-order valence-corrected chi connectivity index (χ4v) is 8.22. The summed E-state index contributed by atoms with van der Waals surface area (Å²) in [5, 5.41) is 2.33. The molecule has 0 radical (unpaired) electrons. The van der Waals surface area contributed by atoms with Crippen LogP contribution < -0.4 is 16.4 Å². The van der Waals surface area contributed by atoms with E-state index in [0.29, 0.717) is 0 Å². The molecule has 3 aliphatic heterocycles. The molecule has 184 valence electrons. The summed E-state index contributed by atoms with van der Waals surface area (Å²) in [4.78, 5) is 10.1. The largest absolute Gasteiger partial charge is 0.456 e. The first kappa shape index (κ1) is 19.9. The van der Waals surface area contributed by atoms with Gasteiger partial charge in [0.1, 0.15) is 22.8 Å². The van der Waals surface area contributed by atoms with Gasteiger partial charge in [-0.25, -0.2) is 9.97 Å². The van der Waals surface area contributed by atoms with E-state index < -0.39 is 0 Å². The number of fused-ring (bicyclic) bond motifs is 9. The Labute approximate surface area is 228 Å². The standard InChI is InChI=1S/C34H19BN4O/c1-16-36-22-13-10-19-18-12-15-27-29(20-6-3-4-9-26(20)40-27)28(18)21-11-14-23-34-31(21)35-30(19)33(22)38(16)24-7-5-8-25(32(24)35)39(34)17(2)37-23/h3-15H,1-2H3. The molecule has 40 heavy (non-hydrogen) atoms. The number of furan rings is 1. The van der Waals surface area contributed by atoms with E-state index in [0.717, 1.165) is 39.2 Å². The van der Waals surface area contributed by atoms with Crippen molar-refractivity contribution in [2.45, 2.75) is 13.8 Å². The maximum Gasteiger partial charge on any atom is 0.253 e. The van der Waals surface area contributed by atoms with E-state index in [1.165, 1.54) is 66.4 Å². The molecule has 0 atom stereocenters. The minimum atomic E-state index is 0.0800. The van der Waals surface area contributed by atoms with Crippen LogP contribution in [0.25, 0.3) is 77.6 Å². The van der Waals surface area contributed by atoms with Gasteiger partial charge >= 0.3 is 0 Å². The van der Waals surface area contributed by atoms with Gasteiger partial charge in [-0.05, 0) is 83.3 Å². The molecule has 5 nitrogen and oxygen atoms in total. The molecule has 3 aliphatic rings. The zero-order valence-electron chi connectivity index (χ0n) is 21.8. The number of hydrogen-bond acceptors (Lipinski definition) is 3. The minimum Gasteiger partial charge on any atom is -0.456 e. The second-order valence-electron chi connectivity index (χ2n) is 11.4. The van der Waals surface area contributed by atoms with E-state index in [1.807, 2.05) is 6.07 Å². The number of aryl methyl sites for hydroxylation is 2. The van der Waals surface area contributed by atoms with Crippen LogP contribution in [0.3, 0.4) is 0 Å². The molecular weight excluding hydrogens is 491 g/mol. The Hall–Kier alpha value is -5.10. The summed E-state index contributed by atoms with van der Waals surface area (Å²) in [6.45, 7) is 4.33. The number of aromatic nitrogens is 4. The lowest BCUT2D eigenvalue weighted by Crippen LogP contribution is -2.60. The minimum absolute atomic E-state index is 0.0800. The number of nitrogens with zero attached hydrogens (tertiary/aromatic N) is 4. The highest BCUT2D eigenvalue weighted by Gasteiger charge is 2.45. The lowest BCUT2D eigenvalue weighted by Gasteiger charge is -2.33. The maximum absolute atomic E-state index is 6.42. The van der Waals surface area contributed by atoms with Crippen molar-refractivity contribution in [2.24, 2.45) is 0 Å². The molecule has 0 saturated heterocycles. The summed E-state index contributed by atoms with van der Waals surface area (Å²) in [5.74, 6) is 2.03. The molecule has 0 amide bonds. The average Bonchev–Trinajstić information content (AvgIpc) is 3.61. The SMILES string of the molecule is Cc1nc2ccc3c4c2n1-c1cccc2c1B4c1c(ccc4nc(C)n-2c14)-c1c-3ccc2oc3ccccc3c12. The zero-order valence-corrected chi connectivity index (χ0v) is 21.8. The quantitative estimate of drug-likeness (QED) is 0.247. The zero-order chi connectivity index (χ0) is 26.0. The third kappa shape index (κ3) is 1.95. The Morgan fingerprint density at radius 3 is 2.00 bits per heavy atom. The van der Waals surface area contributed by atoms with Gasteiger partial charge in [-0.1, -0.05) is 42.5 Å². The van der Waals surface area contributed by atoms with E-state index >= 15 is 0 Å². The molecule has 0 aliphatic carbocycles. The Kier molecular flexibility index (Phi) is 3.09. The molecule has 0 saturated carbocycles. The summed E-state index contributed by atoms with van der Waals surface area (Å²) in [5.41, 5.74) is 17.9. The van der Waals surface area contributed by atoms with Crippen LogP contribution in [0.5, 0.6) is 0 Å². The smallest absolute Gasteiger partial charge is 0.253 e. The fourth-order valence-electron chi connectivity index (χ4n) is 8.22. The van der Waals surface area contributed by atoms with Gasteiger partial charge in [-0.15, -0.1) is 0 Å². The highest BCUT2D eigenvalue weighted by molar-refractivity contribution is 7.02. The van der Waals surface area contributed by atoms with E-state index in [2.05, 4.69) is 95.8 Å². The number of rotatable bonds is 0. The first-order chi connectivity index (χ1) is 19.7. The molecule has 11 rings (SSSR count). The molecule has 0 N–H and O–H groups in total. The second kappa shape index (κ2) is 6.21. The van der Waals surface area contributed by atoms with Crippen LogP contribution in [0.4, 0.5) is 0 Å².